The van der Waals surface area contributed by atoms with Gasteiger partial charge in [0, 0.05) is 19.7 Å². The summed E-state index contributed by atoms with van der Waals surface area (Å²) in [7, 11) is 0. The Kier molecular flexibility index (Phi) is 8.89. The van der Waals surface area contributed by atoms with Crippen molar-refractivity contribution in [1.29, 1.82) is 0 Å². The number of aliphatic hydroxyl groups excluding tert-OH is 1. The number of aliphatic imine (C=N–C) groups is 1. The molecule has 5 nitrogen and oxygen atoms in total. The number of halogens is 1. The lowest BCUT2D eigenvalue weighted by Crippen LogP contribution is -2.40. The smallest absolute Gasteiger partial charge is 0.191 e. The zero-order chi connectivity index (χ0) is 11.9. The molecule has 1 saturated heterocycles. The van der Waals surface area contributed by atoms with Crippen molar-refractivity contribution in [3.8, 4) is 0 Å². The number of aliphatic hydroxyl groups is 1. The van der Waals surface area contributed by atoms with Crippen LogP contribution in [0.3, 0.4) is 0 Å². The molecule has 1 aliphatic rings. The van der Waals surface area contributed by atoms with Crippen LogP contribution in [0.15, 0.2) is 4.99 Å². The first-order valence-corrected chi connectivity index (χ1v) is 5.97. The van der Waals surface area contributed by atoms with Gasteiger partial charge in [0.2, 0.25) is 0 Å². The number of nitrogens with zero attached hydrogens (tertiary/aromatic N) is 1. The Morgan fingerprint density at radius 2 is 2.24 bits per heavy atom. The van der Waals surface area contributed by atoms with E-state index in [-0.39, 0.29) is 36.2 Å². The van der Waals surface area contributed by atoms with Gasteiger partial charge in [-0.25, -0.2) is 0 Å². The first-order chi connectivity index (χ1) is 7.70. The summed E-state index contributed by atoms with van der Waals surface area (Å²) < 4.78 is 5.66. The van der Waals surface area contributed by atoms with Crippen molar-refractivity contribution in [2.45, 2.75) is 32.3 Å². The summed E-state index contributed by atoms with van der Waals surface area (Å²) in [4.78, 5) is 4.46. The standard InChI is InChI=1S/C11H23N3O2.HI/c1-3-12-10(13-6-7-15)14-9-11(2)5-4-8-16-11;/h15H,3-9H2,1-2H3,(H2,12,13,14);1H. The van der Waals surface area contributed by atoms with Crippen molar-refractivity contribution in [2.24, 2.45) is 4.99 Å². The van der Waals surface area contributed by atoms with Gasteiger partial charge in [0.1, 0.15) is 0 Å². The fraction of sp³-hybridized carbons (Fsp3) is 0.909. The van der Waals surface area contributed by atoms with Crippen molar-refractivity contribution in [1.82, 2.24) is 10.6 Å². The third-order valence-electron chi connectivity index (χ3n) is 2.62. The van der Waals surface area contributed by atoms with Crippen LogP contribution in [0.1, 0.15) is 26.7 Å². The molecule has 0 aromatic heterocycles. The zero-order valence-electron chi connectivity index (χ0n) is 10.7. The van der Waals surface area contributed by atoms with Gasteiger partial charge in [-0.3, -0.25) is 4.99 Å². The maximum atomic E-state index is 8.74. The quantitative estimate of drug-likeness (QED) is 0.386. The number of guanidine groups is 1. The van der Waals surface area contributed by atoms with E-state index in [1.807, 2.05) is 6.92 Å². The Balaban J connectivity index is 0.00000256. The predicted molar refractivity (Wildman–Crippen MR) is 80.1 cm³/mol. The van der Waals surface area contributed by atoms with Crippen LogP contribution in [-0.4, -0.2) is 49.5 Å². The van der Waals surface area contributed by atoms with E-state index in [0.717, 1.165) is 32.0 Å². The number of ether oxygens (including phenoxy) is 1. The maximum absolute atomic E-state index is 8.74. The molecular formula is C11H24IN3O2. The first kappa shape index (κ1) is 16.9. The number of hydrogen-bond donors (Lipinski definition) is 3. The van der Waals surface area contributed by atoms with Gasteiger partial charge >= 0.3 is 0 Å². The average Bonchev–Trinajstić information content (AvgIpc) is 2.70. The molecule has 1 fully saturated rings. The molecule has 0 bridgehead atoms. The van der Waals surface area contributed by atoms with Crippen LogP contribution in [-0.2, 0) is 4.74 Å². The summed E-state index contributed by atoms with van der Waals surface area (Å²) in [5, 5.41) is 14.9. The molecule has 0 saturated carbocycles. The predicted octanol–water partition coefficient (Wildman–Crippen LogP) is 0.721. The van der Waals surface area contributed by atoms with Crippen LogP contribution in [0, 0.1) is 0 Å². The van der Waals surface area contributed by atoms with Crippen molar-refractivity contribution in [2.75, 3.05) is 32.8 Å². The van der Waals surface area contributed by atoms with Gasteiger partial charge in [-0.15, -0.1) is 24.0 Å². The van der Waals surface area contributed by atoms with E-state index in [9.17, 15) is 0 Å². The summed E-state index contributed by atoms with van der Waals surface area (Å²) >= 11 is 0. The molecule has 0 aromatic carbocycles. The average molecular weight is 357 g/mol. The Bertz CT molecular complexity index is 231. The lowest BCUT2D eigenvalue weighted by Gasteiger charge is -2.21. The first-order valence-electron chi connectivity index (χ1n) is 5.97. The van der Waals surface area contributed by atoms with Gasteiger partial charge in [-0.1, -0.05) is 0 Å². The van der Waals surface area contributed by atoms with Gasteiger partial charge < -0.3 is 20.5 Å². The highest BCUT2D eigenvalue weighted by atomic mass is 127. The molecule has 1 rings (SSSR count). The summed E-state index contributed by atoms with van der Waals surface area (Å²) in [6, 6.07) is 0. The molecule has 1 aliphatic heterocycles. The van der Waals surface area contributed by atoms with Crippen LogP contribution in [0.4, 0.5) is 0 Å². The Morgan fingerprint density at radius 3 is 2.76 bits per heavy atom. The molecule has 17 heavy (non-hydrogen) atoms. The number of nitrogens with one attached hydrogen (secondary N) is 2. The molecule has 0 radical (unpaired) electrons. The molecule has 0 aromatic rings. The second kappa shape index (κ2) is 8.93. The van der Waals surface area contributed by atoms with E-state index in [2.05, 4.69) is 22.5 Å². The van der Waals surface area contributed by atoms with Crippen LogP contribution in [0.5, 0.6) is 0 Å². The van der Waals surface area contributed by atoms with Crippen molar-refractivity contribution >= 4 is 29.9 Å². The minimum absolute atomic E-state index is 0. The Labute approximate surface area is 120 Å². The molecule has 0 aliphatic carbocycles. The second-order valence-electron chi connectivity index (χ2n) is 4.25. The highest BCUT2D eigenvalue weighted by molar-refractivity contribution is 14.0. The summed E-state index contributed by atoms with van der Waals surface area (Å²) in [5.41, 5.74) is -0.110. The van der Waals surface area contributed by atoms with Crippen LogP contribution in [0.2, 0.25) is 0 Å². The molecule has 102 valence electrons. The monoisotopic (exact) mass is 357 g/mol. The third kappa shape index (κ3) is 6.42. The summed E-state index contributed by atoms with van der Waals surface area (Å²) in [6.07, 6.45) is 2.18. The summed E-state index contributed by atoms with van der Waals surface area (Å²) in [5.74, 6) is 0.744. The van der Waals surface area contributed by atoms with Crippen molar-refractivity contribution in [3.63, 3.8) is 0 Å². The van der Waals surface area contributed by atoms with Gasteiger partial charge in [0.15, 0.2) is 5.96 Å². The highest BCUT2D eigenvalue weighted by Crippen LogP contribution is 2.24. The fourth-order valence-corrected chi connectivity index (χ4v) is 1.72. The van der Waals surface area contributed by atoms with Crippen LogP contribution < -0.4 is 10.6 Å². The summed E-state index contributed by atoms with van der Waals surface area (Å²) in [6.45, 7) is 7.06. The lowest BCUT2D eigenvalue weighted by atomic mass is 10.0. The van der Waals surface area contributed by atoms with E-state index in [1.165, 1.54) is 0 Å². The van der Waals surface area contributed by atoms with Crippen LogP contribution in [0.25, 0.3) is 0 Å². The van der Waals surface area contributed by atoms with Gasteiger partial charge in [-0.05, 0) is 26.7 Å². The van der Waals surface area contributed by atoms with E-state index in [0.29, 0.717) is 13.1 Å². The van der Waals surface area contributed by atoms with Gasteiger partial charge in [0.25, 0.3) is 0 Å². The van der Waals surface area contributed by atoms with Crippen LogP contribution >= 0.6 is 24.0 Å². The largest absolute Gasteiger partial charge is 0.395 e. The third-order valence-corrected chi connectivity index (χ3v) is 2.62. The molecule has 0 spiro atoms. The maximum Gasteiger partial charge on any atom is 0.191 e. The molecule has 1 unspecified atom stereocenters. The minimum atomic E-state index is -0.110. The van der Waals surface area contributed by atoms with E-state index in [4.69, 9.17) is 9.84 Å². The Hall–Kier alpha value is -0.0800. The minimum Gasteiger partial charge on any atom is -0.395 e. The molecule has 1 heterocycles. The van der Waals surface area contributed by atoms with Crippen molar-refractivity contribution < 1.29 is 9.84 Å². The topological polar surface area (TPSA) is 65.9 Å². The van der Waals surface area contributed by atoms with Gasteiger partial charge in [-0.2, -0.15) is 0 Å². The SMILES string of the molecule is CCNC(=NCC1(C)CCCO1)NCCO.I. The van der Waals surface area contributed by atoms with Gasteiger partial charge in [0.05, 0.1) is 18.8 Å². The fourth-order valence-electron chi connectivity index (χ4n) is 1.72. The molecule has 1 atom stereocenters. The molecule has 6 heteroatoms. The Morgan fingerprint density at radius 1 is 1.47 bits per heavy atom. The van der Waals surface area contributed by atoms with Crippen molar-refractivity contribution in [3.05, 3.63) is 0 Å². The second-order valence-corrected chi connectivity index (χ2v) is 4.25. The molecule has 3 N–H and O–H groups in total. The molecule has 0 amide bonds. The number of hydrogen-bond acceptors (Lipinski definition) is 3. The number of rotatable bonds is 5. The van der Waals surface area contributed by atoms with E-state index < -0.39 is 0 Å². The van der Waals surface area contributed by atoms with E-state index in [1.54, 1.807) is 0 Å². The molecular weight excluding hydrogens is 333 g/mol. The zero-order valence-corrected chi connectivity index (χ0v) is 13.0. The van der Waals surface area contributed by atoms with E-state index >= 15 is 0 Å². The highest BCUT2D eigenvalue weighted by Gasteiger charge is 2.29. The lowest BCUT2D eigenvalue weighted by molar-refractivity contribution is 0.0283. The normalized spacial score (nSPS) is 24.3.